The monoisotopic (exact) mass is 196 g/mol. The van der Waals surface area contributed by atoms with Crippen LogP contribution in [0.3, 0.4) is 0 Å². The number of aliphatic hydroxyl groups is 1. The summed E-state index contributed by atoms with van der Waals surface area (Å²) in [6.45, 7) is 6.05. The first-order valence-corrected chi connectivity index (χ1v) is 5.46. The van der Waals surface area contributed by atoms with Gasteiger partial charge in [-0.15, -0.1) is 0 Å². The molecular formula is C11H20N2O. The van der Waals surface area contributed by atoms with Crippen LogP contribution in [0.5, 0.6) is 0 Å². The lowest BCUT2D eigenvalue weighted by atomic mass is 9.93. The van der Waals surface area contributed by atoms with Crippen LogP contribution in [0.25, 0.3) is 0 Å². The first kappa shape index (κ1) is 11.4. The Morgan fingerprint density at radius 1 is 1.50 bits per heavy atom. The van der Waals surface area contributed by atoms with Crippen LogP contribution in [0, 0.1) is 0 Å². The summed E-state index contributed by atoms with van der Waals surface area (Å²) in [6.07, 6.45) is 5.53. The van der Waals surface area contributed by atoms with Crippen molar-refractivity contribution in [2.24, 2.45) is 9.98 Å². The van der Waals surface area contributed by atoms with E-state index in [1.54, 1.807) is 6.21 Å². The first-order chi connectivity index (χ1) is 6.62. The highest BCUT2D eigenvalue weighted by atomic mass is 16.3. The van der Waals surface area contributed by atoms with E-state index in [0.717, 1.165) is 25.1 Å². The Kier molecular flexibility index (Phi) is 3.81. The fourth-order valence-electron chi connectivity index (χ4n) is 1.51. The predicted octanol–water partition coefficient (Wildman–Crippen LogP) is 2.19. The van der Waals surface area contributed by atoms with Gasteiger partial charge >= 0.3 is 0 Å². The molecule has 3 nitrogen and oxygen atoms in total. The molecular weight excluding hydrogens is 176 g/mol. The van der Waals surface area contributed by atoms with Gasteiger partial charge in [0, 0.05) is 12.6 Å². The fourth-order valence-corrected chi connectivity index (χ4v) is 1.51. The van der Waals surface area contributed by atoms with Gasteiger partial charge in [-0.3, -0.25) is 4.99 Å². The van der Waals surface area contributed by atoms with E-state index in [1.807, 2.05) is 13.8 Å². The maximum absolute atomic E-state index is 10.0. The summed E-state index contributed by atoms with van der Waals surface area (Å²) >= 11 is 0. The fraction of sp³-hybridized carbons (Fsp3) is 0.818. The normalized spacial score (nSPS) is 31.7. The van der Waals surface area contributed by atoms with E-state index in [9.17, 15) is 5.11 Å². The molecule has 2 unspecified atom stereocenters. The van der Waals surface area contributed by atoms with E-state index in [4.69, 9.17) is 0 Å². The molecule has 0 aliphatic carbocycles. The van der Waals surface area contributed by atoms with Crippen molar-refractivity contribution in [2.75, 3.05) is 0 Å². The van der Waals surface area contributed by atoms with E-state index in [0.29, 0.717) is 6.42 Å². The van der Waals surface area contributed by atoms with Crippen LogP contribution in [-0.4, -0.2) is 28.8 Å². The zero-order chi connectivity index (χ0) is 10.6. The molecule has 0 saturated carbocycles. The molecule has 0 fully saturated rings. The standard InChI is InChI=1S/C11H20N2O/c1-4-6-7-10-12-8-11(14,5-2)9(3)13-10/h8-9,14H,4-7H2,1-3H3. The van der Waals surface area contributed by atoms with Gasteiger partial charge in [0.25, 0.3) is 0 Å². The largest absolute Gasteiger partial charge is 0.382 e. The lowest BCUT2D eigenvalue weighted by molar-refractivity contribution is 0.0894. The van der Waals surface area contributed by atoms with E-state index in [1.165, 1.54) is 0 Å². The van der Waals surface area contributed by atoms with Gasteiger partial charge in [0.1, 0.15) is 11.4 Å². The third-order valence-corrected chi connectivity index (χ3v) is 2.82. The van der Waals surface area contributed by atoms with Gasteiger partial charge in [-0.25, -0.2) is 4.99 Å². The summed E-state index contributed by atoms with van der Waals surface area (Å²) < 4.78 is 0. The Hall–Kier alpha value is -0.700. The second kappa shape index (κ2) is 4.69. The lowest BCUT2D eigenvalue weighted by Gasteiger charge is -2.29. The van der Waals surface area contributed by atoms with Gasteiger partial charge in [-0.05, 0) is 19.8 Å². The maximum atomic E-state index is 10.0. The third-order valence-electron chi connectivity index (χ3n) is 2.82. The van der Waals surface area contributed by atoms with Gasteiger partial charge in [0.15, 0.2) is 0 Å². The Morgan fingerprint density at radius 3 is 2.71 bits per heavy atom. The molecule has 2 atom stereocenters. The van der Waals surface area contributed by atoms with E-state index in [-0.39, 0.29) is 6.04 Å². The van der Waals surface area contributed by atoms with Crippen LogP contribution >= 0.6 is 0 Å². The number of hydrogen-bond donors (Lipinski definition) is 1. The van der Waals surface area contributed by atoms with Gasteiger partial charge in [-0.2, -0.15) is 0 Å². The quantitative estimate of drug-likeness (QED) is 0.736. The van der Waals surface area contributed by atoms with Crippen LogP contribution < -0.4 is 0 Å². The van der Waals surface area contributed by atoms with E-state index < -0.39 is 5.60 Å². The van der Waals surface area contributed by atoms with Crippen LogP contribution in [0.2, 0.25) is 0 Å². The summed E-state index contributed by atoms with van der Waals surface area (Å²) in [6, 6.07) is -0.0585. The molecule has 0 saturated heterocycles. The molecule has 0 aromatic heterocycles. The van der Waals surface area contributed by atoms with Crippen molar-refractivity contribution in [3.8, 4) is 0 Å². The van der Waals surface area contributed by atoms with Crippen LogP contribution in [0.1, 0.15) is 46.5 Å². The van der Waals surface area contributed by atoms with Crippen molar-refractivity contribution in [3.63, 3.8) is 0 Å². The van der Waals surface area contributed by atoms with Crippen molar-refractivity contribution in [1.82, 2.24) is 0 Å². The van der Waals surface area contributed by atoms with Gasteiger partial charge in [0.05, 0.1) is 6.04 Å². The molecule has 0 bridgehead atoms. The zero-order valence-electron chi connectivity index (χ0n) is 9.32. The molecule has 0 aromatic rings. The smallest absolute Gasteiger partial charge is 0.123 e. The Labute approximate surface area is 86.0 Å². The molecule has 80 valence electrons. The SMILES string of the molecule is CCCCC1=NC(C)C(O)(CC)C=N1. The van der Waals surface area contributed by atoms with Crippen molar-refractivity contribution in [1.29, 1.82) is 0 Å². The highest BCUT2D eigenvalue weighted by Crippen LogP contribution is 2.20. The molecule has 1 aliphatic rings. The van der Waals surface area contributed by atoms with Crippen LogP contribution in [-0.2, 0) is 0 Å². The van der Waals surface area contributed by atoms with Crippen molar-refractivity contribution < 1.29 is 5.11 Å². The molecule has 1 aliphatic heterocycles. The van der Waals surface area contributed by atoms with Crippen LogP contribution in [0.15, 0.2) is 9.98 Å². The minimum Gasteiger partial charge on any atom is -0.382 e. The molecule has 1 rings (SSSR count). The van der Waals surface area contributed by atoms with Crippen LogP contribution in [0.4, 0.5) is 0 Å². The maximum Gasteiger partial charge on any atom is 0.123 e. The molecule has 0 amide bonds. The molecule has 0 spiro atoms. The summed E-state index contributed by atoms with van der Waals surface area (Å²) in [5, 5.41) is 10.0. The van der Waals surface area contributed by atoms with Crippen molar-refractivity contribution >= 4 is 12.1 Å². The average molecular weight is 196 g/mol. The Bertz CT molecular complexity index is 248. The lowest BCUT2D eigenvalue weighted by Crippen LogP contribution is -2.43. The summed E-state index contributed by atoms with van der Waals surface area (Å²) in [4.78, 5) is 8.63. The van der Waals surface area contributed by atoms with E-state index >= 15 is 0 Å². The average Bonchev–Trinajstić information content (AvgIpc) is 2.20. The first-order valence-electron chi connectivity index (χ1n) is 5.46. The number of nitrogens with zero attached hydrogens (tertiary/aromatic N) is 2. The minimum atomic E-state index is -0.824. The van der Waals surface area contributed by atoms with Crippen molar-refractivity contribution in [3.05, 3.63) is 0 Å². The Morgan fingerprint density at radius 2 is 2.21 bits per heavy atom. The second-order valence-electron chi connectivity index (χ2n) is 3.93. The minimum absolute atomic E-state index is 0.0585. The van der Waals surface area contributed by atoms with E-state index in [2.05, 4.69) is 16.9 Å². The zero-order valence-corrected chi connectivity index (χ0v) is 9.32. The number of amidine groups is 1. The molecule has 0 radical (unpaired) electrons. The number of aliphatic imine (C=N–C) groups is 2. The van der Waals surface area contributed by atoms with Gasteiger partial charge < -0.3 is 5.11 Å². The molecule has 1 heterocycles. The van der Waals surface area contributed by atoms with Gasteiger partial charge in [-0.1, -0.05) is 20.3 Å². The topological polar surface area (TPSA) is 45.0 Å². The molecule has 0 aromatic carbocycles. The highest BCUT2D eigenvalue weighted by molar-refractivity contribution is 5.94. The Balaban J connectivity index is 2.62. The number of unbranched alkanes of at least 4 members (excludes halogenated alkanes) is 1. The highest BCUT2D eigenvalue weighted by Gasteiger charge is 2.32. The van der Waals surface area contributed by atoms with Crippen molar-refractivity contribution in [2.45, 2.75) is 58.1 Å². The van der Waals surface area contributed by atoms with Gasteiger partial charge in [0.2, 0.25) is 0 Å². The third kappa shape index (κ3) is 2.41. The predicted molar refractivity (Wildman–Crippen MR) is 60.2 cm³/mol. The number of hydrogen-bond acceptors (Lipinski definition) is 3. The summed E-state index contributed by atoms with van der Waals surface area (Å²) in [5.74, 6) is 0.887. The molecule has 14 heavy (non-hydrogen) atoms. The second-order valence-corrected chi connectivity index (χ2v) is 3.93. The molecule has 1 N–H and O–H groups in total. The molecule has 3 heteroatoms. The summed E-state index contributed by atoms with van der Waals surface area (Å²) in [5.41, 5.74) is -0.824. The summed E-state index contributed by atoms with van der Waals surface area (Å²) in [7, 11) is 0. The number of rotatable bonds is 4.